The molecule has 6 N–H and O–H groups in total. The third-order valence-electron chi connectivity index (χ3n) is 7.32. The van der Waals surface area contributed by atoms with Crippen LogP contribution in [0.25, 0.3) is 0 Å². The standard InChI is InChI=1S/C17H35N3O3.C12H27N.C2H6/c1-15(2,10-12(19-7)13(18)22)11-17(5,6)20-14(23)16(3,4)8-9-21;1-10(2)12(5,6)8-11(3,4)9-13-7;1-2/h12,19,21H,8-11H2,1-7H3,(H2,18,22)(H,20,23);10,13H,8-9H2,1-7H3;1-2H3. The fraction of sp³-hybridized carbons (Fsp3) is 0.935. The lowest BCUT2D eigenvalue weighted by Crippen LogP contribution is -2.52. The summed E-state index contributed by atoms with van der Waals surface area (Å²) in [4.78, 5) is 23.9. The summed E-state index contributed by atoms with van der Waals surface area (Å²) in [5.41, 5.74) is 5.02. The molecule has 0 aliphatic carbocycles. The van der Waals surface area contributed by atoms with E-state index in [2.05, 4.69) is 71.3 Å². The second kappa shape index (κ2) is 17.5. The zero-order valence-corrected chi connectivity index (χ0v) is 28.2. The molecule has 0 saturated heterocycles. The quantitative estimate of drug-likeness (QED) is 0.187. The highest BCUT2D eigenvalue weighted by Crippen LogP contribution is 2.38. The average molecular weight is 545 g/mol. The number of carbonyl (C=O) groups is 2. The largest absolute Gasteiger partial charge is 0.396 e. The van der Waals surface area contributed by atoms with Gasteiger partial charge in [-0.1, -0.05) is 83.1 Å². The van der Waals surface area contributed by atoms with E-state index in [0.29, 0.717) is 30.1 Å². The van der Waals surface area contributed by atoms with Gasteiger partial charge in [0.25, 0.3) is 0 Å². The lowest BCUT2D eigenvalue weighted by molar-refractivity contribution is -0.132. The molecule has 0 aromatic carbocycles. The molecule has 0 aromatic rings. The Hall–Kier alpha value is -1.18. The van der Waals surface area contributed by atoms with Crippen molar-refractivity contribution in [2.75, 3.05) is 27.2 Å². The molecule has 230 valence electrons. The summed E-state index contributed by atoms with van der Waals surface area (Å²) in [6, 6.07) is -0.387. The number of hydrogen-bond acceptors (Lipinski definition) is 5. The zero-order valence-electron chi connectivity index (χ0n) is 28.2. The molecule has 2 amide bonds. The van der Waals surface area contributed by atoms with E-state index in [1.165, 1.54) is 6.42 Å². The molecule has 1 atom stereocenters. The summed E-state index contributed by atoms with van der Waals surface area (Å²) in [5, 5.41) is 18.4. The first-order valence-electron chi connectivity index (χ1n) is 14.5. The Kier molecular flexibility index (Phi) is 19.0. The number of aliphatic hydroxyl groups excluding tert-OH is 1. The number of rotatable bonds is 15. The third kappa shape index (κ3) is 18.2. The van der Waals surface area contributed by atoms with Gasteiger partial charge < -0.3 is 26.8 Å². The van der Waals surface area contributed by atoms with Crippen molar-refractivity contribution in [1.29, 1.82) is 0 Å². The maximum Gasteiger partial charge on any atom is 0.234 e. The average Bonchev–Trinajstić information content (AvgIpc) is 2.71. The fourth-order valence-corrected chi connectivity index (χ4v) is 5.06. The van der Waals surface area contributed by atoms with E-state index in [1.807, 2.05) is 48.6 Å². The van der Waals surface area contributed by atoms with Crippen LogP contribution in [0, 0.1) is 27.6 Å². The van der Waals surface area contributed by atoms with Gasteiger partial charge in [0, 0.05) is 17.6 Å². The van der Waals surface area contributed by atoms with E-state index in [9.17, 15) is 9.59 Å². The molecule has 0 heterocycles. The van der Waals surface area contributed by atoms with Crippen LogP contribution in [-0.4, -0.2) is 55.7 Å². The predicted molar refractivity (Wildman–Crippen MR) is 165 cm³/mol. The Morgan fingerprint density at radius 1 is 0.842 bits per heavy atom. The first kappa shape index (κ1) is 41.3. The molecule has 1 unspecified atom stereocenters. The topological polar surface area (TPSA) is 116 Å². The van der Waals surface area contributed by atoms with Crippen LogP contribution >= 0.6 is 0 Å². The summed E-state index contributed by atoms with van der Waals surface area (Å²) in [5.74, 6) is 0.308. The normalized spacial score (nSPS) is 13.6. The highest BCUT2D eigenvalue weighted by Gasteiger charge is 2.36. The van der Waals surface area contributed by atoms with Crippen LogP contribution in [0.3, 0.4) is 0 Å². The molecule has 0 fully saturated rings. The van der Waals surface area contributed by atoms with Crippen LogP contribution in [0.4, 0.5) is 0 Å². The molecule has 0 aliphatic heterocycles. The van der Waals surface area contributed by atoms with Gasteiger partial charge in [0.05, 0.1) is 6.04 Å². The third-order valence-corrected chi connectivity index (χ3v) is 7.32. The molecule has 0 rings (SSSR count). The summed E-state index contributed by atoms with van der Waals surface area (Å²) in [6.07, 6.45) is 2.99. The first-order chi connectivity index (χ1) is 17.0. The highest BCUT2D eigenvalue weighted by atomic mass is 16.3. The van der Waals surface area contributed by atoms with Crippen LogP contribution in [-0.2, 0) is 9.59 Å². The lowest BCUT2D eigenvalue weighted by Gasteiger charge is -2.39. The van der Waals surface area contributed by atoms with Gasteiger partial charge in [-0.2, -0.15) is 0 Å². The molecule has 0 radical (unpaired) electrons. The van der Waals surface area contributed by atoms with Crippen molar-refractivity contribution in [2.45, 2.75) is 134 Å². The monoisotopic (exact) mass is 545 g/mol. The van der Waals surface area contributed by atoms with Crippen molar-refractivity contribution in [3.05, 3.63) is 0 Å². The minimum Gasteiger partial charge on any atom is -0.396 e. The van der Waals surface area contributed by atoms with Gasteiger partial charge in [0.1, 0.15) is 0 Å². The lowest BCUT2D eigenvalue weighted by atomic mass is 9.69. The van der Waals surface area contributed by atoms with Crippen LogP contribution in [0.2, 0.25) is 0 Å². The summed E-state index contributed by atoms with van der Waals surface area (Å²) in [7, 11) is 3.75. The van der Waals surface area contributed by atoms with Crippen LogP contribution < -0.4 is 21.7 Å². The van der Waals surface area contributed by atoms with Crippen molar-refractivity contribution < 1.29 is 14.7 Å². The molecule has 0 bridgehead atoms. The van der Waals surface area contributed by atoms with Crippen molar-refractivity contribution in [3.63, 3.8) is 0 Å². The Labute approximate surface area is 237 Å². The summed E-state index contributed by atoms with van der Waals surface area (Å²) in [6.45, 7) is 30.9. The van der Waals surface area contributed by atoms with Crippen LogP contribution in [0.1, 0.15) is 123 Å². The second-order valence-corrected chi connectivity index (χ2v) is 14.5. The SMILES string of the molecule is CC.CNC(CC(C)(C)CC(C)(C)NC(=O)C(C)(C)CCO)C(N)=O.CNCC(C)(C)CC(C)(C)C(C)C. The van der Waals surface area contributed by atoms with Gasteiger partial charge in [-0.05, 0) is 82.3 Å². The number of nitrogens with two attached hydrogens (primary N) is 1. The first-order valence-corrected chi connectivity index (χ1v) is 14.5. The van der Waals surface area contributed by atoms with Crippen molar-refractivity contribution in [3.8, 4) is 0 Å². The van der Waals surface area contributed by atoms with Crippen LogP contribution in [0.5, 0.6) is 0 Å². The minimum absolute atomic E-state index is 0.0190. The van der Waals surface area contributed by atoms with E-state index in [0.717, 1.165) is 12.5 Å². The molecular formula is C31H68N4O3. The number of primary amides is 1. The Morgan fingerprint density at radius 2 is 1.32 bits per heavy atom. The van der Waals surface area contributed by atoms with Gasteiger partial charge in [-0.3, -0.25) is 9.59 Å². The second-order valence-electron chi connectivity index (χ2n) is 14.5. The number of likely N-dealkylation sites (N-methyl/N-ethyl adjacent to an activating group) is 1. The number of aliphatic hydroxyl groups is 1. The number of nitrogens with one attached hydrogen (secondary N) is 3. The Morgan fingerprint density at radius 3 is 1.66 bits per heavy atom. The maximum atomic E-state index is 12.4. The number of hydrogen-bond donors (Lipinski definition) is 5. The van der Waals surface area contributed by atoms with Crippen molar-refractivity contribution in [1.82, 2.24) is 16.0 Å². The molecule has 0 aromatic heterocycles. The molecule has 7 nitrogen and oxygen atoms in total. The van der Waals surface area contributed by atoms with Crippen LogP contribution in [0.15, 0.2) is 0 Å². The molecule has 0 spiro atoms. The molecule has 0 saturated carbocycles. The van der Waals surface area contributed by atoms with Gasteiger partial charge in [-0.15, -0.1) is 0 Å². The van der Waals surface area contributed by atoms with E-state index in [1.54, 1.807) is 7.05 Å². The maximum absolute atomic E-state index is 12.4. The number of amides is 2. The zero-order chi connectivity index (χ0) is 31.2. The van der Waals surface area contributed by atoms with Crippen molar-refractivity contribution in [2.24, 2.45) is 33.3 Å². The van der Waals surface area contributed by atoms with Gasteiger partial charge in [-0.25, -0.2) is 0 Å². The van der Waals surface area contributed by atoms with E-state index < -0.39 is 11.0 Å². The van der Waals surface area contributed by atoms with Gasteiger partial charge in [0.2, 0.25) is 11.8 Å². The van der Waals surface area contributed by atoms with E-state index in [-0.39, 0.29) is 29.9 Å². The van der Waals surface area contributed by atoms with E-state index in [4.69, 9.17) is 10.8 Å². The summed E-state index contributed by atoms with van der Waals surface area (Å²) >= 11 is 0. The fourth-order valence-electron chi connectivity index (χ4n) is 5.06. The predicted octanol–water partition coefficient (Wildman–Crippen LogP) is 5.50. The van der Waals surface area contributed by atoms with Gasteiger partial charge >= 0.3 is 0 Å². The molecule has 38 heavy (non-hydrogen) atoms. The molecule has 0 aliphatic rings. The van der Waals surface area contributed by atoms with Crippen molar-refractivity contribution >= 4 is 11.8 Å². The smallest absolute Gasteiger partial charge is 0.234 e. The van der Waals surface area contributed by atoms with E-state index >= 15 is 0 Å². The molecular weight excluding hydrogens is 476 g/mol. The Balaban J connectivity index is -0.000000691. The Bertz CT molecular complexity index is 668. The van der Waals surface area contributed by atoms with Gasteiger partial charge in [0.15, 0.2) is 0 Å². The summed E-state index contributed by atoms with van der Waals surface area (Å²) < 4.78 is 0. The molecule has 7 heteroatoms. The number of carbonyl (C=O) groups excluding carboxylic acids is 2. The highest BCUT2D eigenvalue weighted by molar-refractivity contribution is 5.82. The minimum atomic E-state index is -0.614.